The molecule has 2 heterocycles. The summed E-state index contributed by atoms with van der Waals surface area (Å²) in [6.45, 7) is 2.97. The van der Waals surface area contributed by atoms with Crippen molar-refractivity contribution in [1.82, 2.24) is 0 Å². The van der Waals surface area contributed by atoms with Gasteiger partial charge in [0.2, 0.25) is 0 Å². The van der Waals surface area contributed by atoms with Gasteiger partial charge in [-0.1, -0.05) is 0 Å². The second-order valence-electron chi connectivity index (χ2n) is 4.31. The number of hydrogen-bond donors (Lipinski definition) is 3. The van der Waals surface area contributed by atoms with E-state index in [1.807, 2.05) is 0 Å². The van der Waals surface area contributed by atoms with E-state index in [2.05, 4.69) is 0 Å². The summed E-state index contributed by atoms with van der Waals surface area (Å²) in [5.74, 6) is -0.786. The normalized spacial score (nSPS) is 45.4. The molecule has 0 saturated carbocycles. The Kier molecular flexibility index (Phi) is 2.74. The summed E-state index contributed by atoms with van der Waals surface area (Å²) in [7, 11) is 0. The van der Waals surface area contributed by atoms with Gasteiger partial charge in [0.25, 0.3) is 0 Å². The zero-order valence-electron chi connectivity index (χ0n) is 8.66. The number of fused-ring (bicyclic) bond motifs is 1. The molecule has 0 bridgehead atoms. The number of aliphatic hydroxyl groups is 3. The fraction of sp³-hybridized carbons (Fsp3) is 1.00. The molecule has 3 N–H and O–H groups in total. The van der Waals surface area contributed by atoms with Crippen molar-refractivity contribution in [3.8, 4) is 0 Å². The summed E-state index contributed by atoms with van der Waals surface area (Å²) < 4.78 is 16.1. The van der Waals surface area contributed by atoms with Gasteiger partial charge in [-0.05, 0) is 13.8 Å². The van der Waals surface area contributed by atoms with Crippen molar-refractivity contribution < 1.29 is 29.5 Å². The first-order valence-electron chi connectivity index (χ1n) is 4.93. The number of hydrogen-bond acceptors (Lipinski definition) is 6. The smallest absolute Gasteiger partial charge is 0.190 e. The van der Waals surface area contributed by atoms with Crippen LogP contribution in [0.15, 0.2) is 0 Å². The van der Waals surface area contributed by atoms with Crippen molar-refractivity contribution in [3.63, 3.8) is 0 Å². The molecule has 6 nitrogen and oxygen atoms in total. The van der Waals surface area contributed by atoms with Crippen molar-refractivity contribution in [2.75, 3.05) is 6.61 Å². The van der Waals surface area contributed by atoms with E-state index in [0.29, 0.717) is 0 Å². The Hall–Kier alpha value is -0.240. The summed E-state index contributed by atoms with van der Waals surface area (Å²) in [5, 5.41) is 27.9. The van der Waals surface area contributed by atoms with Crippen LogP contribution in [-0.4, -0.2) is 58.4 Å². The fourth-order valence-electron chi connectivity index (χ4n) is 1.94. The van der Waals surface area contributed by atoms with Gasteiger partial charge in [-0.25, -0.2) is 0 Å². The maximum atomic E-state index is 9.79. The summed E-state index contributed by atoms with van der Waals surface area (Å²) in [5.41, 5.74) is 0. The molecule has 1 unspecified atom stereocenters. The number of rotatable bonds is 2. The second-order valence-corrected chi connectivity index (χ2v) is 4.31. The maximum absolute atomic E-state index is 9.79. The molecule has 0 amide bonds. The average Bonchev–Trinajstić information content (AvgIpc) is 2.60. The molecular weight excluding hydrogens is 204 g/mol. The first-order valence-corrected chi connectivity index (χ1v) is 4.93. The minimum atomic E-state index is -1.12. The molecule has 5 atom stereocenters. The summed E-state index contributed by atoms with van der Waals surface area (Å²) >= 11 is 0. The Balaban J connectivity index is 2.05. The van der Waals surface area contributed by atoms with Crippen LogP contribution in [0, 0.1) is 0 Å². The van der Waals surface area contributed by atoms with Gasteiger partial charge in [0.15, 0.2) is 12.1 Å². The Morgan fingerprint density at radius 1 is 1.33 bits per heavy atom. The Bertz CT molecular complexity index is 243. The lowest BCUT2D eigenvalue weighted by molar-refractivity contribution is -0.227. The molecule has 0 aromatic heterocycles. The van der Waals surface area contributed by atoms with Crippen LogP contribution >= 0.6 is 0 Å². The summed E-state index contributed by atoms with van der Waals surface area (Å²) in [4.78, 5) is 0. The van der Waals surface area contributed by atoms with Crippen LogP contribution in [0.2, 0.25) is 0 Å². The quantitative estimate of drug-likeness (QED) is 0.529. The van der Waals surface area contributed by atoms with E-state index in [4.69, 9.17) is 19.3 Å². The van der Waals surface area contributed by atoms with Crippen molar-refractivity contribution >= 4 is 0 Å². The van der Waals surface area contributed by atoms with Gasteiger partial charge in [0.1, 0.15) is 24.4 Å². The van der Waals surface area contributed by atoms with Crippen LogP contribution in [0.3, 0.4) is 0 Å². The predicted octanol–water partition coefficient (Wildman–Crippen LogP) is -1.42. The minimum absolute atomic E-state index is 0.468. The van der Waals surface area contributed by atoms with Crippen LogP contribution < -0.4 is 0 Å². The van der Waals surface area contributed by atoms with Crippen LogP contribution in [0.4, 0.5) is 0 Å². The largest absolute Gasteiger partial charge is 0.394 e. The van der Waals surface area contributed by atoms with E-state index in [9.17, 15) is 10.2 Å². The molecule has 6 heteroatoms. The standard InChI is InChI=1S/C9H16O6/c1-9(2)14-7-5(12)6(4(11)3-10)13-8(7)15-9/h4-8,10-12H,3H2,1-2H3/t4?,5-,6+,7+,8+/m0/s1. The SMILES string of the molecule is CC1(C)O[C@H]2O[C@H](C(O)CO)[C@H](O)[C@H]2O1. The first kappa shape index (κ1) is 11.3. The van der Waals surface area contributed by atoms with Crippen molar-refractivity contribution in [2.45, 2.75) is 50.3 Å². The highest BCUT2D eigenvalue weighted by Crippen LogP contribution is 2.38. The fourth-order valence-corrected chi connectivity index (χ4v) is 1.94. The van der Waals surface area contributed by atoms with Crippen molar-refractivity contribution in [1.29, 1.82) is 0 Å². The lowest BCUT2D eigenvalue weighted by Gasteiger charge is -2.24. The van der Waals surface area contributed by atoms with Crippen LogP contribution in [0.1, 0.15) is 13.8 Å². The van der Waals surface area contributed by atoms with Crippen LogP contribution in [-0.2, 0) is 14.2 Å². The molecule has 2 aliphatic rings. The van der Waals surface area contributed by atoms with E-state index in [-0.39, 0.29) is 0 Å². The number of aliphatic hydroxyl groups excluding tert-OH is 3. The third-order valence-electron chi connectivity index (χ3n) is 2.62. The molecule has 88 valence electrons. The predicted molar refractivity (Wildman–Crippen MR) is 47.8 cm³/mol. The molecular formula is C9H16O6. The number of ether oxygens (including phenoxy) is 3. The zero-order chi connectivity index (χ0) is 11.2. The highest BCUT2D eigenvalue weighted by atomic mass is 16.8. The van der Waals surface area contributed by atoms with Gasteiger partial charge in [0, 0.05) is 0 Å². The summed E-state index contributed by atoms with van der Waals surface area (Å²) in [6, 6.07) is 0. The van der Waals surface area contributed by atoms with E-state index < -0.39 is 43.1 Å². The van der Waals surface area contributed by atoms with E-state index in [1.54, 1.807) is 13.8 Å². The van der Waals surface area contributed by atoms with Gasteiger partial charge in [0.05, 0.1) is 6.61 Å². The molecule has 2 saturated heterocycles. The molecule has 0 spiro atoms. The third kappa shape index (κ3) is 1.89. The van der Waals surface area contributed by atoms with Crippen LogP contribution in [0.25, 0.3) is 0 Å². The topological polar surface area (TPSA) is 88.4 Å². The lowest BCUT2D eigenvalue weighted by atomic mass is 10.1. The molecule has 15 heavy (non-hydrogen) atoms. The molecule has 2 fully saturated rings. The maximum Gasteiger partial charge on any atom is 0.190 e. The molecule has 0 radical (unpaired) electrons. The van der Waals surface area contributed by atoms with Gasteiger partial charge in [-0.2, -0.15) is 0 Å². The molecule has 0 aliphatic carbocycles. The Morgan fingerprint density at radius 3 is 2.53 bits per heavy atom. The van der Waals surface area contributed by atoms with Gasteiger partial charge >= 0.3 is 0 Å². The monoisotopic (exact) mass is 220 g/mol. The van der Waals surface area contributed by atoms with Crippen LogP contribution in [0.5, 0.6) is 0 Å². The second kappa shape index (κ2) is 3.65. The van der Waals surface area contributed by atoms with Crippen molar-refractivity contribution in [2.24, 2.45) is 0 Å². The summed E-state index contributed by atoms with van der Waals surface area (Å²) in [6.07, 6.45) is -4.26. The van der Waals surface area contributed by atoms with Gasteiger partial charge in [-0.15, -0.1) is 0 Å². The highest BCUT2D eigenvalue weighted by Gasteiger charge is 2.55. The molecule has 0 aromatic carbocycles. The zero-order valence-corrected chi connectivity index (χ0v) is 8.66. The van der Waals surface area contributed by atoms with Gasteiger partial charge < -0.3 is 29.5 Å². The average molecular weight is 220 g/mol. The highest BCUT2D eigenvalue weighted by molar-refractivity contribution is 4.95. The molecule has 2 rings (SSSR count). The van der Waals surface area contributed by atoms with Crippen molar-refractivity contribution in [3.05, 3.63) is 0 Å². The molecule has 0 aromatic rings. The van der Waals surface area contributed by atoms with E-state index in [0.717, 1.165) is 0 Å². The Morgan fingerprint density at radius 2 is 2.00 bits per heavy atom. The lowest BCUT2D eigenvalue weighted by Crippen LogP contribution is -2.42. The third-order valence-corrected chi connectivity index (χ3v) is 2.62. The minimum Gasteiger partial charge on any atom is -0.394 e. The van der Waals surface area contributed by atoms with E-state index in [1.165, 1.54) is 0 Å². The van der Waals surface area contributed by atoms with E-state index >= 15 is 0 Å². The first-order chi connectivity index (χ1) is 6.94. The van der Waals surface area contributed by atoms with Gasteiger partial charge in [-0.3, -0.25) is 0 Å². The molecule has 2 aliphatic heterocycles. The Labute approximate surface area is 87.4 Å².